The SMILES string of the molecule is CC(/C=C(\C=C/N)CN1CCC[C@@H](N)C1)C(=O)Nc1ccc(-c2cc3c(NCCO)ncnc3[nH]2)cc1. The number of aromatic nitrogens is 3. The van der Waals surface area contributed by atoms with E-state index in [4.69, 9.17) is 16.6 Å². The van der Waals surface area contributed by atoms with Crippen LogP contribution in [0.15, 0.2) is 60.6 Å². The number of amides is 1. The number of carbonyl (C=O) groups excluding carboxylic acids is 1. The number of piperidine rings is 1. The normalized spacial score (nSPS) is 17.8. The summed E-state index contributed by atoms with van der Waals surface area (Å²) in [6.07, 6.45) is 8.94. The Hall–Kier alpha value is -3.73. The number of nitrogens with one attached hydrogen (secondary N) is 3. The summed E-state index contributed by atoms with van der Waals surface area (Å²) < 4.78 is 0. The molecule has 10 nitrogen and oxygen atoms in total. The molecule has 196 valence electrons. The van der Waals surface area contributed by atoms with E-state index in [1.807, 2.05) is 49.4 Å². The van der Waals surface area contributed by atoms with E-state index in [0.29, 0.717) is 23.7 Å². The highest BCUT2D eigenvalue weighted by molar-refractivity contribution is 5.94. The first-order valence-electron chi connectivity index (χ1n) is 12.6. The van der Waals surface area contributed by atoms with Gasteiger partial charge in [0.25, 0.3) is 0 Å². The Kier molecular flexibility index (Phi) is 8.89. The van der Waals surface area contributed by atoms with Gasteiger partial charge in [-0.2, -0.15) is 0 Å². The molecule has 8 N–H and O–H groups in total. The Labute approximate surface area is 216 Å². The predicted octanol–water partition coefficient (Wildman–Crippen LogP) is 2.43. The molecule has 0 aliphatic carbocycles. The monoisotopic (exact) mass is 504 g/mol. The summed E-state index contributed by atoms with van der Waals surface area (Å²) in [7, 11) is 0. The van der Waals surface area contributed by atoms with E-state index in [9.17, 15) is 4.79 Å². The lowest BCUT2D eigenvalue weighted by atomic mass is 10.0. The lowest BCUT2D eigenvalue weighted by Crippen LogP contribution is -2.43. The van der Waals surface area contributed by atoms with Crippen molar-refractivity contribution < 1.29 is 9.90 Å². The highest BCUT2D eigenvalue weighted by Gasteiger charge is 2.18. The third kappa shape index (κ3) is 6.94. The molecule has 1 aromatic carbocycles. The Morgan fingerprint density at radius 2 is 2.14 bits per heavy atom. The van der Waals surface area contributed by atoms with Crippen molar-refractivity contribution in [3.8, 4) is 11.3 Å². The Morgan fingerprint density at radius 3 is 2.86 bits per heavy atom. The van der Waals surface area contributed by atoms with Crippen LogP contribution in [0.2, 0.25) is 0 Å². The zero-order chi connectivity index (χ0) is 26.2. The average molecular weight is 505 g/mol. The number of aromatic amines is 1. The molecule has 1 amide bonds. The topological polar surface area (TPSA) is 158 Å². The number of rotatable bonds is 10. The van der Waals surface area contributed by atoms with E-state index in [-0.39, 0.29) is 24.5 Å². The quantitative estimate of drug-likeness (QED) is 0.230. The summed E-state index contributed by atoms with van der Waals surface area (Å²) in [5, 5.41) is 16.0. The van der Waals surface area contributed by atoms with Crippen LogP contribution in [-0.4, -0.2) is 69.7 Å². The van der Waals surface area contributed by atoms with Crippen molar-refractivity contribution >= 4 is 28.4 Å². The Balaban J connectivity index is 1.41. The van der Waals surface area contributed by atoms with Gasteiger partial charge in [0.2, 0.25) is 5.91 Å². The average Bonchev–Trinajstić information content (AvgIpc) is 3.33. The van der Waals surface area contributed by atoms with E-state index < -0.39 is 0 Å². The number of aliphatic hydroxyl groups is 1. The number of nitrogens with zero attached hydrogens (tertiary/aromatic N) is 3. The molecular formula is C27H36N8O2. The van der Waals surface area contributed by atoms with Crippen LogP contribution in [0.4, 0.5) is 11.5 Å². The number of benzene rings is 1. The number of nitrogens with two attached hydrogens (primary N) is 2. The van der Waals surface area contributed by atoms with Crippen LogP contribution in [0.25, 0.3) is 22.3 Å². The molecule has 1 aliphatic rings. The van der Waals surface area contributed by atoms with Gasteiger partial charge in [-0.3, -0.25) is 9.69 Å². The molecular weight excluding hydrogens is 468 g/mol. The first kappa shape index (κ1) is 26.3. The van der Waals surface area contributed by atoms with E-state index in [2.05, 4.69) is 30.5 Å². The van der Waals surface area contributed by atoms with Gasteiger partial charge in [-0.25, -0.2) is 9.97 Å². The van der Waals surface area contributed by atoms with Gasteiger partial charge in [-0.1, -0.05) is 25.1 Å². The van der Waals surface area contributed by atoms with Gasteiger partial charge in [0.1, 0.15) is 17.8 Å². The number of hydrogen-bond donors (Lipinski definition) is 6. The van der Waals surface area contributed by atoms with Crippen LogP contribution in [-0.2, 0) is 4.79 Å². The standard InChI is InChI=1S/C27H36N8O2/c1-18(13-19(8-9-28)15-35-11-2-3-21(29)16-35)27(37)33-22-6-4-20(5-7-22)24-14-23-25(30-10-12-36)31-17-32-26(23)34-24/h4-9,13-14,17-18,21,36H,2-3,10-12,15-16,28-29H2,1H3,(H,33,37)(H2,30,31,32,34)/b9-8-,19-13+/t18?,21-/m1/s1. The van der Waals surface area contributed by atoms with Crippen LogP contribution in [0.1, 0.15) is 19.8 Å². The molecule has 0 bridgehead atoms. The number of anilines is 2. The molecule has 3 aromatic rings. The van der Waals surface area contributed by atoms with Crippen LogP contribution in [0, 0.1) is 5.92 Å². The highest BCUT2D eigenvalue weighted by Crippen LogP contribution is 2.27. The minimum absolute atomic E-state index is 0.0164. The highest BCUT2D eigenvalue weighted by atomic mass is 16.3. The van der Waals surface area contributed by atoms with Crippen molar-refractivity contribution in [1.82, 2.24) is 19.9 Å². The minimum atomic E-state index is -0.332. The third-order valence-corrected chi connectivity index (χ3v) is 6.43. The van der Waals surface area contributed by atoms with Crippen molar-refractivity contribution in [2.75, 3.05) is 43.4 Å². The van der Waals surface area contributed by atoms with Gasteiger partial charge in [-0.05, 0) is 61.0 Å². The second-order valence-electron chi connectivity index (χ2n) is 9.41. The molecule has 2 atom stereocenters. The molecule has 3 heterocycles. The van der Waals surface area contributed by atoms with Gasteiger partial charge in [0.05, 0.1) is 17.9 Å². The Bertz CT molecular complexity index is 1250. The van der Waals surface area contributed by atoms with Gasteiger partial charge in [0.15, 0.2) is 0 Å². The van der Waals surface area contributed by atoms with Gasteiger partial charge >= 0.3 is 0 Å². The van der Waals surface area contributed by atoms with Crippen LogP contribution >= 0.6 is 0 Å². The number of carbonyl (C=O) groups is 1. The largest absolute Gasteiger partial charge is 0.405 e. The lowest BCUT2D eigenvalue weighted by Gasteiger charge is -2.31. The fraction of sp³-hybridized carbons (Fsp3) is 0.370. The first-order chi connectivity index (χ1) is 18.0. The number of H-pyrrole nitrogens is 1. The summed E-state index contributed by atoms with van der Waals surface area (Å²) >= 11 is 0. The van der Waals surface area contributed by atoms with Crippen molar-refractivity contribution in [2.24, 2.45) is 17.4 Å². The maximum Gasteiger partial charge on any atom is 0.231 e. The Morgan fingerprint density at radius 1 is 1.32 bits per heavy atom. The molecule has 1 unspecified atom stereocenters. The molecule has 1 saturated heterocycles. The molecule has 37 heavy (non-hydrogen) atoms. The number of fused-ring (bicyclic) bond motifs is 1. The number of aliphatic hydroxyl groups excluding tert-OH is 1. The lowest BCUT2D eigenvalue weighted by molar-refractivity contribution is -0.118. The smallest absolute Gasteiger partial charge is 0.231 e. The predicted molar refractivity (Wildman–Crippen MR) is 148 cm³/mol. The van der Waals surface area contributed by atoms with Crippen LogP contribution in [0.3, 0.4) is 0 Å². The van der Waals surface area contributed by atoms with Crippen molar-refractivity contribution in [3.63, 3.8) is 0 Å². The zero-order valence-electron chi connectivity index (χ0n) is 21.2. The minimum Gasteiger partial charge on any atom is -0.405 e. The third-order valence-electron chi connectivity index (χ3n) is 6.43. The van der Waals surface area contributed by atoms with E-state index >= 15 is 0 Å². The van der Waals surface area contributed by atoms with Gasteiger partial charge < -0.3 is 32.2 Å². The summed E-state index contributed by atoms with van der Waals surface area (Å²) in [4.78, 5) is 27.1. The van der Waals surface area contributed by atoms with Gasteiger partial charge in [-0.15, -0.1) is 0 Å². The second-order valence-corrected chi connectivity index (χ2v) is 9.41. The summed E-state index contributed by atoms with van der Waals surface area (Å²) in [6.45, 7) is 4.88. The molecule has 0 spiro atoms. The maximum atomic E-state index is 12.9. The zero-order valence-corrected chi connectivity index (χ0v) is 21.2. The van der Waals surface area contributed by atoms with E-state index in [1.165, 1.54) is 12.5 Å². The number of hydrogen-bond acceptors (Lipinski definition) is 8. The van der Waals surface area contributed by atoms with Crippen molar-refractivity contribution in [1.29, 1.82) is 0 Å². The molecule has 1 aliphatic heterocycles. The molecule has 4 rings (SSSR count). The molecule has 2 aromatic heterocycles. The van der Waals surface area contributed by atoms with Gasteiger partial charge in [0, 0.05) is 37.1 Å². The van der Waals surface area contributed by atoms with E-state index in [0.717, 1.165) is 54.7 Å². The molecule has 0 saturated carbocycles. The van der Waals surface area contributed by atoms with Crippen LogP contribution < -0.4 is 22.1 Å². The van der Waals surface area contributed by atoms with Crippen molar-refractivity contribution in [3.05, 3.63) is 60.6 Å². The number of likely N-dealkylation sites (tertiary alicyclic amines) is 1. The first-order valence-corrected chi connectivity index (χ1v) is 12.6. The fourth-order valence-electron chi connectivity index (χ4n) is 4.57. The van der Waals surface area contributed by atoms with Crippen LogP contribution in [0.5, 0.6) is 0 Å². The summed E-state index contributed by atoms with van der Waals surface area (Å²) in [5.41, 5.74) is 16.0. The van der Waals surface area contributed by atoms with Crippen molar-refractivity contribution in [2.45, 2.75) is 25.8 Å². The molecule has 10 heteroatoms. The summed E-state index contributed by atoms with van der Waals surface area (Å²) in [6, 6.07) is 9.80. The van der Waals surface area contributed by atoms with E-state index in [1.54, 1.807) is 0 Å². The summed E-state index contributed by atoms with van der Waals surface area (Å²) in [5.74, 6) is 0.243. The maximum absolute atomic E-state index is 12.9. The fourth-order valence-corrected chi connectivity index (χ4v) is 4.57. The second kappa shape index (κ2) is 12.5. The molecule has 1 fully saturated rings. The molecule has 0 radical (unpaired) electrons.